The van der Waals surface area contributed by atoms with E-state index in [0.29, 0.717) is 23.7 Å². The number of carbonyl (C=O) groups is 1. The van der Waals surface area contributed by atoms with Crippen LogP contribution in [0.3, 0.4) is 0 Å². The first-order valence-electron chi connectivity index (χ1n) is 6.46. The summed E-state index contributed by atoms with van der Waals surface area (Å²) in [5.41, 5.74) is 4.08. The summed E-state index contributed by atoms with van der Waals surface area (Å²) >= 11 is 0. The van der Waals surface area contributed by atoms with Gasteiger partial charge in [0.15, 0.2) is 6.29 Å². The van der Waals surface area contributed by atoms with Crippen LogP contribution in [0, 0.1) is 13.8 Å². The van der Waals surface area contributed by atoms with Crippen molar-refractivity contribution in [1.82, 2.24) is 0 Å². The summed E-state index contributed by atoms with van der Waals surface area (Å²) in [5.74, 6) is 1.21. The van der Waals surface area contributed by atoms with E-state index in [0.717, 1.165) is 11.8 Å². The molecule has 0 saturated carbocycles. The van der Waals surface area contributed by atoms with Crippen LogP contribution < -0.4 is 9.47 Å². The van der Waals surface area contributed by atoms with Gasteiger partial charge in [0.05, 0.1) is 12.7 Å². The van der Waals surface area contributed by atoms with E-state index in [2.05, 4.69) is 26.0 Å². The summed E-state index contributed by atoms with van der Waals surface area (Å²) in [6, 6.07) is 11.4. The Balaban J connectivity index is 2.17. The zero-order chi connectivity index (χ0) is 14.5. The molecule has 0 heterocycles. The Morgan fingerprint density at radius 1 is 1.05 bits per heavy atom. The largest absolute Gasteiger partial charge is 0.497 e. The summed E-state index contributed by atoms with van der Waals surface area (Å²) < 4.78 is 10.9. The van der Waals surface area contributed by atoms with Crippen molar-refractivity contribution in [2.75, 3.05) is 7.11 Å². The van der Waals surface area contributed by atoms with Gasteiger partial charge in [-0.25, -0.2) is 0 Å². The minimum atomic E-state index is 0.426. The number of benzene rings is 2. The average Bonchev–Trinajstić information content (AvgIpc) is 2.48. The number of ether oxygens (including phenoxy) is 2. The summed E-state index contributed by atoms with van der Waals surface area (Å²) in [7, 11) is 1.59. The molecule has 0 N–H and O–H groups in total. The Bertz CT molecular complexity index is 618. The molecule has 3 heteroatoms. The van der Waals surface area contributed by atoms with E-state index in [4.69, 9.17) is 9.47 Å². The van der Waals surface area contributed by atoms with Crippen molar-refractivity contribution in [3.63, 3.8) is 0 Å². The molecule has 20 heavy (non-hydrogen) atoms. The molecule has 3 nitrogen and oxygen atoms in total. The van der Waals surface area contributed by atoms with Crippen LogP contribution in [0.15, 0.2) is 36.4 Å². The standard InChI is InChI=1S/C17H18O3/c1-12-4-5-14(8-13(12)2)11-20-17-9-16(19-3)7-6-15(17)10-18/h4-10H,11H2,1-3H3. The quantitative estimate of drug-likeness (QED) is 0.777. The number of aryl methyl sites for hydroxylation is 2. The molecule has 0 saturated heterocycles. The highest BCUT2D eigenvalue weighted by Crippen LogP contribution is 2.24. The Labute approximate surface area is 119 Å². The van der Waals surface area contributed by atoms with Crippen LogP contribution in [-0.4, -0.2) is 13.4 Å². The predicted molar refractivity (Wildman–Crippen MR) is 78.6 cm³/mol. The topological polar surface area (TPSA) is 35.5 Å². The Morgan fingerprint density at radius 3 is 2.50 bits per heavy atom. The molecule has 0 amide bonds. The molecule has 0 aliphatic heterocycles. The van der Waals surface area contributed by atoms with Crippen molar-refractivity contribution >= 4 is 6.29 Å². The lowest BCUT2D eigenvalue weighted by Crippen LogP contribution is -1.99. The Morgan fingerprint density at radius 2 is 1.85 bits per heavy atom. The zero-order valence-corrected chi connectivity index (χ0v) is 12.0. The van der Waals surface area contributed by atoms with Gasteiger partial charge in [0.25, 0.3) is 0 Å². The van der Waals surface area contributed by atoms with E-state index in [-0.39, 0.29) is 0 Å². The van der Waals surface area contributed by atoms with Crippen LogP contribution in [0.25, 0.3) is 0 Å². The third-order valence-electron chi connectivity index (χ3n) is 3.31. The first kappa shape index (κ1) is 14.1. The molecular formula is C17H18O3. The fourth-order valence-electron chi connectivity index (χ4n) is 1.92. The number of rotatable bonds is 5. The van der Waals surface area contributed by atoms with E-state index in [1.165, 1.54) is 11.1 Å². The van der Waals surface area contributed by atoms with E-state index in [1.54, 1.807) is 25.3 Å². The van der Waals surface area contributed by atoms with Crippen molar-refractivity contribution in [2.45, 2.75) is 20.5 Å². The summed E-state index contributed by atoms with van der Waals surface area (Å²) in [6.07, 6.45) is 0.787. The molecule has 104 valence electrons. The number of methoxy groups -OCH3 is 1. The van der Waals surface area contributed by atoms with Crippen molar-refractivity contribution in [3.8, 4) is 11.5 Å². The van der Waals surface area contributed by atoms with Crippen LogP contribution in [0.1, 0.15) is 27.0 Å². The second-order valence-electron chi connectivity index (χ2n) is 4.73. The van der Waals surface area contributed by atoms with Gasteiger partial charge in [0.1, 0.15) is 18.1 Å². The van der Waals surface area contributed by atoms with Crippen molar-refractivity contribution in [3.05, 3.63) is 58.7 Å². The minimum Gasteiger partial charge on any atom is -0.497 e. The Hall–Kier alpha value is -2.29. The monoisotopic (exact) mass is 270 g/mol. The van der Waals surface area contributed by atoms with E-state index in [9.17, 15) is 4.79 Å². The maximum Gasteiger partial charge on any atom is 0.153 e. The lowest BCUT2D eigenvalue weighted by molar-refractivity contribution is 0.111. The first-order chi connectivity index (χ1) is 9.63. The van der Waals surface area contributed by atoms with E-state index in [1.807, 2.05) is 6.07 Å². The molecule has 0 atom stereocenters. The fourth-order valence-corrected chi connectivity index (χ4v) is 1.92. The highest BCUT2D eigenvalue weighted by Gasteiger charge is 2.06. The van der Waals surface area contributed by atoms with Gasteiger partial charge in [0.2, 0.25) is 0 Å². The third kappa shape index (κ3) is 3.18. The summed E-state index contributed by atoms with van der Waals surface area (Å²) in [4.78, 5) is 11.0. The molecule has 0 aliphatic rings. The molecular weight excluding hydrogens is 252 g/mol. The smallest absolute Gasteiger partial charge is 0.153 e. The van der Waals surface area contributed by atoms with Gasteiger partial charge in [-0.3, -0.25) is 4.79 Å². The van der Waals surface area contributed by atoms with Gasteiger partial charge in [0, 0.05) is 6.07 Å². The summed E-state index contributed by atoms with van der Waals surface area (Å²) in [5, 5.41) is 0. The van der Waals surface area contributed by atoms with Gasteiger partial charge in [-0.1, -0.05) is 18.2 Å². The maximum absolute atomic E-state index is 11.0. The number of hydrogen-bond acceptors (Lipinski definition) is 3. The molecule has 0 aliphatic carbocycles. The van der Waals surface area contributed by atoms with Crippen molar-refractivity contribution in [1.29, 1.82) is 0 Å². The molecule has 2 aromatic rings. The highest BCUT2D eigenvalue weighted by molar-refractivity contribution is 5.79. The molecule has 0 fully saturated rings. The van der Waals surface area contributed by atoms with Gasteiger partial charge in [-0.2, -0.15) is 0 Å². The molecule has 0 unspecified atom stereocenters. The normalized spacial score (nSPS) is 10.2. The van der Waals surface area contributed by atoms with Crippen LogP contribution in [0.5, 0.6) is 11.5 Å². The number of aldehydes is 1. The average molecular weight is 270 g/mol. The lowest BCUT2D eigenvalue weighted by Gasteiger charge is -2.11. The van der Waals surface area contributed by atoms with Gasteiger partial charge in [-0.05, 0) is 42.7 Å². The lowest BCUT2D eigenvalue weighted by atomic mass is 10.1. The second-order valence-corrected chi connectivity index (χ2v) is 4.73. The van der Waals surface area contributed by atoms with Crippen LogP contribution >= 0.6 is 0 Å². The molecule has 0 spiro atoms. The van der Waals surface area contributed by atoms with Crippen molar-refractivity contribution in [2.24, 2.45) is 0 Å². The fraction of sp³-hybridized carbons (Fsp3) is 0.235. The SMILES string of the molecule is COc1ccc(C=O)c(OCc2ccc(C)c(C)c2)c1. The van der Waals surface area contributed by atoms with Gasteiger partial charge in [-0.15, -0.1) is 0 Å². The molecule has 2 aromatic carbocycles. The molecule has 0 aromatic heterocycles. The first-order valence-corrected chi connectivity index (χ1v) is 6.46. The predicted octanol–water partition coefficient (Wildman–Crippen LogP) is 3.70. The van der Waals surface area contributed by atoms with Crippen LogP contribution in [0.4, 0.5) is 0 Å². The maximum atomic E-state index is 11.0. The van der Waals surface area contributed by atoms with Crippen molar-refractivity contribution < 1.29 is 14.3 Å². The summed E-state index contributed by atoms with van der Waals surface area (Å²) in [6.45, 7) is 4.57. The zero-order valence-electron chi connectivity index (χ0n) is 12.0. The number of carbonyl (C=O) groups excluding carboxylic acids is 1. The highest BCUT2D eigenvalue weighted by atomic mass is 16.5. The van der Waals surface area contributed by atoms with Gasteiger partial charge < -0.3 is 9.47 Å². The Kier molecular flexibility index (Phi) is 4.41. The van der Waals surface area contributed by atoms with Crippen LogP contribution in [-0.2, 0) is 6.61 Å². The van der Waals surface area contributed by atoms with E-state index < -0.39 is 0 Å². The van der Waals surface area contributed by atoms with Crippen LogP contribution in [0.2, 0.25) is 0 Å². The molecule has 0 bridgehead atoms. The molecule has 2 rings (SSSR count). The van der Waals surface area contributed by atoms with Gasteiger partial charge >= 0.3 is 0 Å². The third-order valence-corrected chi connectivity index (χ3v) is 3.31. The minimum absolute atomic E-state index is 0.426. The molecule has 0 radical (unpaired) electrons. The van der Waals surface area contributed by atoms with E-state index >= 15 is 0 Å². The second kappa shape index (κ2) is 6.24. The number of hydrogen-bond donors (Lipinski definition) is 0.